The van der Waals surface area contributed by atoms with Gasteiger partial charge in [-0.1, -0.05) is 34.6 Å². The first-order valence-electron chi connectivity index (χ1n) is 6.32. The van der Waals surface area contributed by atoms with Gasteiger partial charge in [-0.15, -0.1) is 0 Å². The van der Waals surface area contributed by atoms with Gasteiger partial charge >= 0.3 is 0 Å². The molecule has 0 spiro atoms. The number of halogens is 1. The second-order valence-corrected chi connectivity index (χ2v) is 6.60. The number of hydrogen-bond acceptors (Lipinski definition) is 2. The first-order valence-corrected chi connectivity index (χ1v) is 7.11. The SMILES string of the molecule is CCNC(CC(C)C(C)(C)C)c1occc1Br. The second kappa shape index (κ2) is 6.05. The van der Waals surface area contributed by atoms with Gasteiger partial charge in [-0.3, -0.25) is 0 Å². The van der Waals surface area contributed by atoms with Gasteiger partial charge in [0, 0.05) is 0 Å². The van der Waals surface area contributed by atoms with Crippen LogP contribution in [0.3, 0.4) is 0 Å². The van der Waals surface area contributed by atoms with Gasteiger partial charge in [-0.05, 0) is 46.3 Å². The monoisotopic (exact) mass is 301 g/mol. The number of hydrogen-bond donors (Lipinski definition) is 1. The van der Waals surface area contributed by atoms with E-state index in [-0.39, 0.29) is 0 Å². The van der Waals surface area contributed by atoms with Crippen LogP contribution < -0.4 is 5.32 Å². The molecule has 0 saturated heterocycles. The third-order valence-corrected chi connectivity index (χ3v) is 4.13. The van der Waals surface area contributed by atoms with E-state index >= 15 is 0 Å². The topological polar surface area (TPSA) is 25.2 Å². The van der Waals surface area contributed by atoms with Crippen LogP contribution in [0, 0.1) is 11.3 Å². The average Bonchev–Trinajstić information content (AvgIpc) is 2.62. The summed E-state index contributed by atoms with van der Waals surface area (Å²) in [4.78, 5) is 0. The maximum absolute atomic E-state index is 5.58. The van der Waals surface area contributed by atoms with Crippen molar-refractivity contribution in [3.05, 3.63) is 22.6 Å². The molecule has 17 heavy (non-hydrogen) atoms. The summed E-state index contributed by atoms with van der Waals surface area (Å²) in [6.07, 6.45) is 2.83. The van der Waals surface area contributed by atoms with E-state index in [2.05, 4.69) is 55.9 Å². The molecule has 0 saturated carbocycles. The van der Waals surface area contributed by atoms with Crippen molar-refractivity contribution in [2.45, 2.75) is 47.1 Å². The fraction of sp³-hybridized carbons (Fsp3) is 0.714. The van der Waals surface area contributed by atoms with Crippen LogP contribution in [0.2, 0.25) is 0 Å². The van der Waals surface area contributed by atoms with Gasteiger partial charge in [0.1, 0.15) is 5.76 Å². The van der Waals surface area contributed by atoms with Crippen molar-refractivity contribution in [3.63, 3.8) is 0 Å². The lowest BCUT2D eigenvalue weighted by molar-refractivity contribution is 0.214. The Kier molecular flexibility index (Phi) is 5.26. The Hall–Kier alpha value is -0.280. The first-order chi connectivity index (χ1) is 7.86. The summed E-state index contributed by atoms with van der Waals surface area (Å²) in [5.41, 5.74) is 0.326. The summed E-state index contributed by atoms with van der Waals surface area (Å²) in [6, 6.07) is 2.25. The molecule has 1 N–H and O–H groups in total. The minimum absolute atomic E-state index is 0.290. The number of nitrogens with one attached hydrogen (secondary N) is 1. The third-order valence-electron chi connectivity index (χ3n) is 3.48. The van der Waals surface area contributed by atoms with E-state index < -0.39 is 0 Å². The highest BCUT2D eigenvalue weighted by Crippen LogP contribution is 2.35. The van der Waals surface area contributed by atoms with Crippen LogP contribution in [0.15, 0.2) is 21.2 Å². The predicted octanol–water partition coefficient (Wildman–Crippen LogP) is 4.77. The van der Waals surface area contributed by atoms with Crippen LogP contribution >= 0.6 is 15.9 Å². The van der Waals surface area contributed by atoms with Crippen LogP contribution in [0.5, 0.6) is 0 Å². The van der Waals surface area contributed by atoms with Crippen LogP contribution in [0.25, 0.3) is 0 Å². The minimum atomic E-state index is 0.290. The second-order valence-electron chi connectivity index (χ2n) is 5.75. The molecule has 0 aromatic carbocycles. The van der Waals surface area contributed by atoms with Crippen molar-refractivity contribution < 1.29 is 4.42 Å². The van der Waals surface area contributed by atoms with Crippen molar-refractivity contribution >= 4 is 15.9 Å². The fourth-order valence-electron chi connectivity index (χ4n) is 1.79. The van der Waals surface area contributed by atoms with Gasteiger partial charge in [-0.2, -0.15) is 0 Å². The molecule has 1 aromatic rings. The Morgan fingerprint density at radius 3 is 2.47 bits per heavy atom. The van der Waals surface area contributed by atoms with Crippen molar-refractivity contribution in [2.75, 3.05) is 6.54 Å². The molecule has 0 amide bonds. The highest BCUT2D eigenvalue weighted by Gasteiger charge is 2.26. The zero-order chi connectivity index (χ0) is 13.1. The maximum atomic E-state index is 5.58. The quantitative estimate of drug-likeness (QED) is 0.848. The average molecular weight is 302 g/mol. The molecular formula is C14H24BrNO. The molecule has 0 bridgehead atoms. The molecule has 1 aromatic heterocycles. The molecule has 98 valence electrons. The molecule has 2 atom stereocenters. The van der Waals surface area contributed by atoms with E-state index in [1.165, 1.54) is 0 Å². The van der Waals surface area contributed by atoms with E-state index in [1.54, 1.807) is 6.26 Å². The van der Waals surface area contributed by atoms with Crippen LogP contribution in [-0.2, 0) is 0 Å². The number of furan rings is 1. The van der Waals surface area contributed by atoms with E-state index in [9.17, 15) is 0 Å². The van der Waals surface area contributed by atoms with Crippen molar-refractivity contribution in [1.82, 2.24) is 5.32 Å². The lowest BCUT2D eigenvalue weighted by Gasteiger charge is -2.30. The van der Waals surface area contributed by atoms with Gasteiger partial charge in [-0.25, -0.2) is 0 Å². The molecule has 3 heteroatoms. The van der Waals surface area contributed by atoms with Gasteiger partial charge in [0.05, 0.1) is 16.8 Å². The molecule has 0 aliphatic carbocycles. The van der Waals surface area contributed by atoms with Crippen molar-refractivity contribution in [2.24, 2.45) is 11.3 Å². The molecule has 0 fully saturated rings. The summed E-state index contributed by atoms with van der Waals surface area (Å²) >= 11 is 3.54. The molecule has 2 nitrogen and oxygen atoms in total. The molecule has 1 rings (SSSR count). The molecule has 0 aliphatic rings. The highest BCUT2D eigenvalue weighted by atomic mass is 79.9. The Morgan fingerprint density at radius 1 is 1.41 bits per heavy atom. The lowest BCUT2D eigenvalue weighted by atomic mass is 9.78. The van der Waals surface area contributed by atoms with E-state index in [4.69, 9.17) is 4.42 Å². The van der Waals surface area contributed by atoms with Crippen molar-refractivity contribution in [1.29, 1.82) is 0 Å². The maximum Gasteiger partial charge on any atom is 0.134 e. The van der Waals surface area contributed by atoms with E-state index in [0.717, 1.165) is 23.2 Å². The Labute approximate surface area is 113 Å². The van der Waals surface area contributed by atoms with Gasteiger partial charge in [0.25, 0.3) is 0 Å². The minimum Gasteiger partial charge on any atom is -0.466 e. The van der Waals surface area contributed by atoms with Gasteiger partial charge in [0.2, 0.25) is 0 Å². The Morgan fingerprint density at radius 2 is 2.06 bits per heavy atom. The summed E-state index contributed by atoms with van der Waals surface area (Å²) in [6.45, 7) is 12.3. The predicted molar refractivity (Wildman–Crippen MR) is 76.1 cm³/mol. The summed E-state index contributed by atoms with van der Waals surface area (Å²) in [5, 5.41) is 3.51. The van der Waals surface area contributed by atoms with E-state index in [1.807, 2.05) is 6.07 Å². The van der Waals surface area contributed by atoms with Crippen LogP contribution in [0.4, 0.5) is 0 Å². The molecular weight excluding hydrogens is 278 g/mol. The van der Waals surface area contributed by atoms with Gasteiger partial charge in [0.15, 0.2) is 0 Å². The van der Waals surface area contributed by atoms with Crippen LogP contribution in [-0.4, -0.2) is 6.54 Å². The summed E-state index contributed by atoms with van der Waals surface area (Å²) < 4.78 is 6.64. The highest BCUT2D eigenvalue weighted by molar-refractivity contribution is 9.10. The fourth-order valence-corrected chi connectivity index (χ4v) is 2.27. The normalized spacial score (nSPS) is 15.9. The largest absolute Gasteiger partial charge is 0.466 e. The zero-order valence-electron chi connectivity index (χ0n) is 11.5. The lowest BCUT2D eigenvalue weighted by Crippen LogP contribution is -2.27. The third kappa shape index (κ3) is 4.14. The van der Waals surface area contributed by atoms with Crippen LogP contribution in [0.1, 0.15) is 52.8 Å². The molecule has 1 heterocycles. The first kappa shape index (κ1) is 14.8. The summed E-state index contributed by atoms with van der Waals surface area (Å²) in [7, 11) is 0. The smallest absolute Gasteiger partial charge is 0.134 e. The standard InChI is InChI=1S/C14H24BrNO/c1-6-16-12(9-10(2)14(3,4)5)13-11(15)7-8-17-13/h7-8,10,12,16H,6,9H2,1-5H3. The van der Waals surface area contributed by atoms with E-state index in [0.29, 0.717) is 17.4 Å². The Balaban J connectivity index is 2.78. The molecule has 0 aliphatic heterocycles. The Bertz CT molecular complexity index is 340. The van der Waals surface area contributed by atoms with Crippen molar-refractivity contribution in [3.8, 4) is 0 Å². The number of rotatable bonds is 5. The van der Waals surface area contributed by atoms with Gasteiger partial charge < -0.3 is 9.73 Å². The summed E-state index contributed by atoms with van der Waals surface area (Å²) in [5.74, 6) is 1.64. The molecule has 0 radical (unpaired) electrons. The molecule has 2 unspecified atom stereocenters. The zero-order valence-corrected chi connectivity index (χ0v) is 13.1.